The summed E-state index contributed by atoms with van der Waals surface area (Å²) in [6.45, 7) is 1.90. The molecule has 0 bridgehead atoms. The van der Waals surface area contributed by atoms with Crippen LogP contribution >= 0.6 is 23.2 Å². The van der Waals surface area contributed by atoms with Gasteiger partial charge in [-0.2, -0.15) is 0 Å². The van der Waals surface area contributed by atoms with Crippen molar-refractivity contribution in [3.05, 3.63) is 69.7 Å². The number of halogens is 2. The molecule has 0 spiro atoms. The van der Waals surface area contributed by atoms with Crippen molar-refractivity contribution in [2.45, 2.75) is 51.0 Å². The van der Waals surface area contributed by atoms with Crippen LogP contribution in [0.2, 0.25) is 10.0 Å². The van der Waals surface area contributed by atoms with Gasteiger partial charge in [0.15, 0.2) is 0 Å². The average Bonchev–Trinajstić information content (AvgIpc) is 2.86. The highest BCUT2D eigenvalue weighted by molar-refractivity contribution is 6.30. The van der Waals surface area contributed by atoms with Crippen molar-refractivity contribution in [3.8, 4) is 0 Å². The van der Waals surface area contributed by atoms with Crippen LogP contribution in [0.3, 0.4) is 0 Å². The Morgan fingerprint density at radius 3 is 2.32 bits per heavy atom. The summed E-state index contributed by atoms with van der Waals surface area (Å²) in [5.41, 5.74) is 13.7. The third kappa shape index (κ3) is 7.03. The number of hydrogen-bond donors (Lipinski definition) is 4. The van der Waals surface area contributed by atoms with Crippen molar-refractivity contribution in [2.24, 2.45) is 28.6 Å². The summed E-state index contributed by atoms with van der Waals surface area (Å²) in [5, 5.41) is 1.09. The molecule has 9 nitrogen and oxygen atoms in total. The molecular formula is C27H33Cl2N5O4. The zero-order valence-corrected chi connectivity index (χ0v) is 22.7. The van der Waals surface area contributed by atoms with E-state index in [9.17, 15) is 19.2 Å². The molecule has 11 heteroatoms. The van der Waals surface area contributed by atoms with Crippen LogP contribution in [0, 0.1) is 11.3 Å². The second-order valence-corrected chi connectivity index (χ2v) is 10.9. The van der Waals surface area contributed by atoms with Gasteiger partial charge < -0.3 is 16.4 Å². The van der Waals surface area contributed by atoms with Crippen molar-refractivity contribution in [2.75, 3.05) is 6.54 Å². The molecule has 0 radical (unpaired) electrons. The summed E-state index contributed by atoms with van der Waals surface area (Å²) < 4.78 is 0. The number of amides is 4. The van der Waals surface area contributed by atoms with Gasteiger partial charge in [-0.3, -0.25) is 24.6 Å². The molecule has 7 N–H and O–H groups in total. The standard InChI is InChI=1S/C27H33Cl2N5O4/c1-27(15-23(36)33-32)14-21(18-3-2-4-20(29)13-18)24(16-5-8-19(28)9-6-16)34(26(27)38)12-11-17(25(31)37)7-10-22(30)35/h2-6,8-9,13,17,21,24H,7,10-12,14-15,32H2,1H3,(H2,30,35)(H2,31,37)(H,33,36)/t17?,21-,24-,27-/m1/s1. The van der Waals surface area contributed by atoms with E-state index >= 15 is 0 Å². The summed E-state index contributed by atoms with van der Waals surface area (Å²) in [4.78, 5) is 51.7. The highest BCUT2D eigenvalue weighted by atomic mass is 35.5. The Hall–Kier alpha value is -3.14. The number of carbonyl (C=O) groups excluding carboxylic acids is 4. The maximum absolute atomic E-state index is 14.1. The summed E-state index contributed by atoms with van der Waals surface area (Å²) in [6.07, 6.45) is 0.638. The normalized spacial score (nSPS) is 22.1. The lowest BCUT2D eigenvalue weighted by Gasteiger charge is -2.49. The fourth-order valence-electron chi connectivity index (χ4n) is 5.32. The van der Waals surface area contributed by atoms with Crippen LogP contribution in [0.5, 0.6) is 0 Å². The van der Waals surface area contributed by atoms with Crippen LogP contribution < -0.4 is 22.7 Å². The van der Waals surface area contributed by atoms with Crippen molar-refractivity contribution in [1.29, 1.82) is 0 Å². The summed E-state index contributed by atoms with van der Waals surface area (Å²) in [6, 6.07) is 14.2. The van der Waals surface area contributed by atoms with Crippen molar-refractivity contribution in [3.63, 3.8) is 0 Å². The Labute approximate surface area is 232 Å². The number of benzene rings is 2. The molecule has 4 amide bonds. The zero-order chi connectivity index (χ0) is 28.0. The topological polar surface area (TPSA) is 162 Å². The first-order valence-corrected chi connectivity index (χ1v) is 13.1. The molecule has 1 heterocycles. The lowest BCUT2D eigenvalue weighted by molar-refractivity contribution is -0.154. The van der Waals surface area contributed by atoms with Crippen LogP contribution in [0.4, 0.5) is 0 Å². The molecule has 1 aliphatic rings. The maximum Gasteiger partial charge on any atom is 0.234 e. The third-order valence-electron chi connectivity index (χ3n) is 7.22. The van der Waals surface area contributed by atoms with E-state index < -0.39 is 35.1 Å². The lowest BCUT2D eigenvalue weighted by atomic mass is 9.67. The summed E-state index contributed by atoms with van der Waals surface area (Å²) in [5.74, 6) is 2.63. The van der Waals surface area contributed by atoms with Crippen molar-refractivity contribution < 1.29 is 19.2 Å². The Bertz CT molecular complexity index is 1190. The van der Waals surface area contributed by atoms with Gasteiger partial charge in [-0.25, -0.2) is 5.84 Å². The minimum absolute atomic E-state index is 0.00168. The number of carbonyl (C=O) groups is 4. The van der Waals surface area contributed by atoms with Crippen LogP contribution in [0.15, 0.2) is 48.5 Å². The molecule has 4 atom stereocenters. The van der Waals surface area contributed by atoms with Gasteiger partial charge in [-0.05, 0) is 54.7 Å². The maximum atomic E-state index is 14.1. The monoisotopic (exact) mass is 561 g/mol. The van der Waals surface area contributed by atoms with E-state index in [2.05, 4.69) is 5.43 Å². The molecule has 2 aromatic carbocycles. The molecule has 1 unspecified atom stereocenters. The number of nitrogens with one attached hydrogen (secondary N) is 1. The van der Waals surface area contributed by atoms with Gasteiger partial charge in [0, 0.05) is 41.3 Å². The minimum atomic E-state index is -1.09. The number of rotatable bonds is 11. The molecule has 0 aromatic heterocycles. The second-order valence-electron chi connectivity index (χ2n) is 10.1. The van der Waals surface area contributed by atoms with Gasteiger partial charge in [0.25, 0.3) is 0 Å². The smallest absolute Gasteiger partial charge is 0.234 e. The predicted molar refractivity (Wildman–Crippen MR) is 145 cm³/mol. The van der Waals surface area contributed by atoms with Crippen LogP contribution in [-0.2, 0) is 19.2 Å². The van der Waals surface area contributed by atoms with E-state index in [-0.39, 0.29) is 44.1 Å². The van der Waals surface area contributed by atoms with Crippen molar-refractivity contribution >= 4 is 46.8 Å². The third-order valence-corrected chi connectivity index (χ3v) is 7.71. The molecule has 2 aromatic rings. The van der Waals surface area contributed by atoms with Gasteiger partial charge in [-0.1, -0.05) is 54.4 Å². The molecule has 1 saturated heterocycles. The first kappa shape index (κ1) is 29.4. The predicted octanol–water partition coefficient (Wildman–Crippen LogP) is 3.19. The summed E-state index contributed by atoms with van der Waals surface area (Å²) in [7, 11) is 0. The van der Waals surface area contributed by atoms with E-state index in [0.717, 1.165) is 11.1 Å². The molecule has 0 aliphatic carbocycles. The van der Waals surface area contributed by atoms with E-state index in [4.69, 9.17) is 40.5 Å². The molecule has 1 aliphatic heterocycles. The van der Waals surface area contributed by atoms with Crippen LogP contribution in [0.25, 0.3) is 0 Å². The highest BCUT2D eigenvalue weighted by Crippen LogP contribution is 2.51. The minimum Gasteiger partial charge on any atom is -0.370 e. The summed E-state index contributed by atoms with van der Waals surface area (Å²) >= 11 is 12.5. The number of likely N-dealkylation sites (tertiary alicyclic amines) is 1. The Morgan fingerprint density at radius 1 is 1.05 bits per heavy atom. The first-order chi connectivity index (χ1) is 17.9. The zero-order valence-electron chi connectivity index (χ0n) is 21.2. The number of piperidine rings is 1. The van der Waals surface area contributed by atoms with Gasteiger partial charge in [-0.15, -0.1) is 0 Å². The quantitative estimate of drug-likeness (QED) is 0.188. The molecule has 204 valence electrons. The van der Waals surface area contributed by atoms with Gasteiger partial charge in [0.05, 0.1) is 11.5 Å². The molecule has 3 rings (SSSR count). The SMILES string of the molecule is C[C@]1(CC(=O)NN)C[C@H](c2cccc(Cl)c2)[C@@H](c2ccc(Cl)cc2)N(CCC(CCC(N)=O)C(N)=O)C1=O. The molecule has 38 heavy (non-hydrogen) atoms. The van der Waals surface area contributed by atoms with E-state index in [1.807, 2.05) is 30.3 Å². The number of hydrazine groups is 1. The van der Waals surface area contributed by atoms with Gasteiger partial charge in [0.2, 0.25) is 23.6 Å². The van der Waals surface area contributed by atoms with Crippen LogP contribution in [-0.4, -0.2) is 35.1 Å². The Morgan fingerprint density at radius 2 is 1.74 bits per heavy atom. The number of hydrogen-bond acceptors (Lipinski definition) is 5. The van der Waals surface area contributed by atoms with E-state index in [1.54, 1.807) is 30.0 Å². The van der Waals surface area contributed by atoms with Gasteiger partial charge >= 0.3 is 0 Å². The van der Waals surface area contributed by atoms with E-state index in [0.29, 0.717) is 16.5 Å². The Kier molecular flexibility index (Phi) is 9.76. The second kappa shape index (κ2) is 12.6. The van der Waals surface area contributed by atoms with Crippen LogP contribution in [0.1, 0.15) is 62.1 Å². The number of nitrogens with zero attached hydrogens (tertiary/aromatic N) is 1. The number of primary amides is 2. The molecular weight excluding hydrogens is 529 g/mol. The van der Waals surface area contributed by atoms with Crippen molar-refractivity contribution in [1.82, 2.24) is 10.3 Å². The van der Waals surface area contributed by atoms with Gasteiger partial charge in [0.1, 0.15) is 0 Å². The fourth-order valence-corrected chi connectivity index (χ4v) is 5.64. The first-order valence-electron chi connectivity index (χ1n) is 12.3. The fraction of sp³-hybridized carbons (Fsp3) is 0.407. The molecule has 1 fully saturated rings. The largest absolute Gasteiger partial charge is 0.370 e. The Balaban J connectivity index is 2.09. The number of nitrogens with two attached hydrogens (primary N) is 3. The van der Waals surface area contributed by atoms with E-state index in [1.165, 1.54) is 0 Å². The highest BCUT2D eigenvalue weighted by Gasteiger charge is 2.50. The molecule has 0 saturated carbocycles. The average molecular weight is 562 g/mol. The lowest BCUT2D eigenvalue weighted by Crippen LogP contribution is -2.54.